The third-order valence-electron chi connectivity index (χ3n) is 4.10. The lowest BCUT2D eigenvalue weighted by Crippen LogP contribution is -3.00. The van der Waals surface area contributed by atoms with Gasteiger partial charge in [-0.05, 0) is 18.9 Å². The van der Waals surface area contributed by atoms with E-state index in [0.717, 1.165) is 6.42 Å². The van der Waals surface area contributed by atoms with E-state index in [1.807, 2.05) is 0 Å². The Morgan fingerprint density at radius 2 is 1.38 bits per heavy atom. The first-order valence-corrected chi connectivity index (χ1v) is 8.84. The molecule has 0 saturated heterocycles. The Balaban J connectivity index is 0.00000400. The molecule has 0 aliphatic heterocycles. The molecular formula is C19H34IN. The SMILES string of the molecule is CCCCCCCCCCCC[n+]1cccc(CC)c1.[I-]. The fourth-order valence-corrected chi connectivity index (χ4v) is 2.71. The van der Waals surface area contributed by atoms with Crippen LogP contribution in [0.3, 0.4) is 0 Å². The topological polar surface area (TPSA) is 3.88 Å². The van der Waals surface area contributed by atoms with Gasteiger partial charge in [0.25, 0.3) is 0 Å². The molecule has 0 aromatic carbocycles. The molecule has 1 aromatic heterocycles. The molecule has 0 N–H and O–H groups in total. The van der Waals surface area contributed by atoms with Crippen molar-refractivity contribution < 1.29 is 28.5 Å². The van der Waals surface area contributed by atoms with Gasteiger partial charge < -0.3 is 24.0 Å². The largest absolute Gasteiger partial charge is 1.00 e. The smallest absolute Gasteiger partial charge is 0.171 e. The van der Waals surface area contributed by atoms with E-state index in [9.17, 15) is 0 Å². The first-order valence-electron chi connectivity index (χ1n) is 8.84. The summed E-state index contributed by atoms with van der Waals surface area (Å²) in [5.74, 6) is 0. The average Bonchev–Trinajstić information content (AvgIpc) is 2.49. The minimum atomic E-state index is 0. The monoisotopic (exact) mass is 403 g/mol. The van der Waals surface area contributed by atoms with Crippen LogP contribution in [0.1, 0.15) is 83.6 Å². The molecule has 0 radical (unpaired) electrons. The maximum absolute atomic E-state index is 2.35. The van der Waals surface area contributed by atoms with Crippen molar-refractivity contribution in [1.29, 1.82) is 0 Å². The zero-order chi connectivity index (χ0) is 14.5. The van der Waals surface area contributed by atoms with Crippen LogP contribution in [0.15, 0.2) is 24.5 Å². The molecule has 0 atom stereocenters. The number of rotatable bonds is 12. The Hall–Kier alpha value is -0.120. The van der Waals surface area contributed by atoms with Crippen LogP contribution in [0.5, 0.6) is 0 Å². The van der Waals surface area contributed by atoms with Crippen LogP contribution in [-0.2, 0) is 13.0 Å². The summed E-state index contributed by atoms with van der Waals surface area (Å²) in [5, 5.41) is 0. The fourth-order valence-electron chi connectivity index (χ4n) is 2.71. The molecule has 1 heterocycles. The van der Waals surface area contributed by atoms with Crippen molar-refractivity contribution in [1.82, 2.24) is 0 Å². The molecule has 0 unspecified atom stereocenters. The van der Waals surface area contributed by atoms with E-state index >= 15 is 0 Å². The zero-order valence-corrected chi connectivity index (χ0v) is 16.3. The lowest BCUT2D eigenvalue weighted by molar-refractivity contribution is -0.697. The molecule has 0 fully saturated rings. The summed E-state index contributed by atoms with van der Waals surface area (Å²) >= 11 is 0. The average molecular weight is 403 g/mol. The van der Waals surface area contributed by atoms with Gasteiger partial charge in [-0.3, -0.25) is 0 Å². The van der Waals surface area contributed by atoms with E-state index in [2.05, 4.69) is 42.9 Å². The number of hydrogen-bond donors (Lipinski definition) is 0. The Kier molecular flexibility index (Phi) is 14.7. The molecule has 0 spiro atoms. The first kappa shape index (κ1) is 20.9. The molecule has 0 aliphatic carbocycles. The van der Waals surface area contributed by atoms with Gasteiger partial charge in [0, 0.05) is 18.1 Å². The molecule has 0 bridgehead atoms. The van der Waals surface area contributed by atoms with E-state index < -0.39 is 0 Å². The van der Waals surface area contributed by atoms with Crippen LogP contribution in [0, 0.1) is 0 Å². The van der Waals surface area contributed by atoms with Crippen molar-refractivity contribution in [2.45, 2.75) is 91.0 Å². The molecule has 2 heteroatoms. The van der Waals surface area contributed by atoms with E-state index in [0.29, 0.717) is 0 Å². The van der Waals surface area contributed by atoms with E-state index in [4.69, 9.17) is 0 Å². The summed E-state index contributed by atoms with van der Waals surface area (Å²) in [6.07, 6.45) is 19.8. The second-order valence-electron chi connectivity index (χ2n) is 5.99. The summed E-state index contributed by atoms with van der Waals surface area (Å²) in [6.45, 7) is 5.69. The van der Waals surface area contributed by atoms with Crippen molar-refractivity contribution in [2.24, 2.45) is 0 Å². The molecule has 0 aliphatic rings. The fraction of sp³-hybridized carbons (Fsp3) is 0.737. The number of hydrogen-bond acceptors (Lipinski definition) is 0. The minimum absolute atomic E-state index is 0. The van der Waals surface area contributed by atoms with E-state index in [1.165, 1.54) is 76.3 Å². The third kappa shape index (κ3) is 11.1. The summed E-state index contributed by atoms with van der Waals surface area (Å²) < 4.78 is 2.35. The standard InChI is InChI=1S/C19H34N.HI/c1-3-5-6-7-8-9-10-11-12-13-16-20-17-14-15-19(4-2)18-20;/h14-15,17-18H,3-13,16H2,1-2H3;1H/q+1;/p-1. The Bertz CT molecular complexity index is 338. The molecule has 122 valence electrons. The highest BCUT2D eigenvalue weighted by Crippen LogP contribution is 2.10. The van der Waals surface area contributed by atoms with Gasteiger partial charge in [0.05, 0.1) is 0 Å². The third-order valence-corrected chi connectivity index (χ3v) is 4.10. The molecule has 0 saturated carbocycles. The first-order chi connectivity index (χ1) is 9.86. The van der Waals surface area contributed by atoms with Crippen LogP contribution < -0.4 is 28.5 Å². The molecular weight excluding hydrogens is 369 g/mol. The van der Waals surface area contributed by atoms with Gasteiger partial charge in [0.2, 0.25) is 0 Å². The van der Waals surface area contributed by atoms with Gasteiger partial charge in [-0.25, -0.2) is 4.57 Å². The quantitative estimate of drug-likeness (QED) is 0.287. The van der Waals surface area contributed by atoms with Gasteiger partial charge in [0.1, 0.15) is 6.54 Å². The Morgan fingerprint density at radius 1 is 0.810 bits per heavy atom. The molecule has 1 rings (SSSR count). The maximum atomic E-state index is 2.35. The van der Waals surface area contributed by atoms with Crippen LogP contribution in [-0.4, -0.2) is 0 Å². The second-order valence-corrected chi connectivity index (χ2v) is 5.99. The van der Waals surface area contributed by atoms with Gasteiger partial charge in [0.15, 0.2) is 12.4 Å². The molecule has 1 nitrogen and oxygen atoms in total. The second kappa shape index (κ2) is 14.8. The van der Waals surface area contributed by atoms with Crippen molar-refractivity contribution in [3.63, 3.8) is 0 Å². The molecule has 0 amide bonds. The summed E-state index contributed by atoms with van der Waals surface area (Å²) in [4.78, 5) is 0. The Morgan fingerprint density at radius 3 is 1.95 bits per heavy atom. The predicted octanol–water partition coefficient (Wildman–Crippen LogP) is 2.46. The van der Waals surface area contributed by atoms with Crippen molar-refractivity contribution in [2.75, 3.05) is 0 Å². The molecule has 1 aromatic rings. The van der Waals surface area contributed by atoms with Crippen LogP contribution in [0.4, 0.5) is 0 Å². The maximum Gasteiger partial charge on any atom is 0.171 e. The minimum Gasteiger partial charge on any atom is -1.00 e. The van der Waals surface area contributed by atoms with Crippen LogP contribution >= 0.6 is 0 Å². The molecule has 21 heavy (non-hydrogen) atoms. The van der Waals surface area contributed by atoms with E-state index in [1.54, 1.807) is 0 Å². The lowest BCUT2D eigenvalue weighted by Gasteiger charge is -2.02. The van der Waals surface area contributed by atoms with E-state index in [-0.39, 0.29) is 24.0 Å². The number of halogens is 1. The lowest BCUT2D eigenvalue weighted by atomic mass is 10.1. The highest BCUT2D eigenvalue weighted by Gasteiger charge is 2.01. The van der Waals surface area contributed by atoms with Crippen molar-refractivity contribution in [3.05, 3.63) is 30.1 Å². The Labute approximate surface area is 149 Å². The zero-order valence-electron chi connectivity index (χ0n) is 14.1. The normalized spacial score (nSPS) is 10.4. The van der Waals surface area contributed by atoms with Crippen molar-refractivity contribution >= 4 is 0 Å². The van der Waals surface area contributed by atoms with Gasteiger partial charge >= 0.3 is 0 Å². The summed E-state index contributed by atoms with van der Waals surface area (Å²) in [5.41, 5.74) is 1.44. The van der Waals surface area contributed by atoms with Gasteiger partial charge in [-0.1, -0.05) is 65.2 Å². The number of pyridine rings is 1. The summed E-state index contributed by atoms with van der Waals surface area (Å²) in [7, 11) is 0. The number of aryl methyl sites for hydroxylation is 2. The highest BCUT2D eigenvalue weighted by atomic mass is 127. The summed E-state index contributed by atoms with van der Waals surface area (Å²) in [6, 6.07) is 4.39. The number of nitrogens with zero attached hydrogens (tertiary/aromatic N) is 1. The van der Waals surface area contributed by atoms with Crippen LogP contribution in [0.2, 0.25) is 0 Å². The number of aromatic nitrogens is 1. The van der Waals surface area contributed by atoms with Gasteiger partial charge in [-0.15, -0.1) is 0 Å². The van der Waals surface area contributed by atoms with Crippen molar-refractivity contribution in [3.8, 4) is 0 Å². The predicted molar refractivity (Wildman–Crippen MR) is 87.9 cm³/mol. The van der Waals surface area contributed by atoms with Gasteiger partial charge in [-0.2, -0.15) is 0 Å². The van der Waals surface area contributed by atoms with Crippen LogP contribution in [0.25, 0.3) is 0 Å². The highest BCUT2D eigenvalue weighted by molar-refractivity contribution is 5.04. The number of unbranched alkanes of at least 4 members (excludes halogenated alkanes) is 9.